The Morgan fingerprint density at radius 3 is 3.00 bits per heavy atom. The lowest BCUT2D eigenvalue weighted by atomic mass is 10.1. The zero-order chi connectivity index (χ0) is 13.7. The number of aromatic nitrogens is 1. The molecular weight excluding hydrogens is 262 g/mol. The fraction of sp³-hybridized carbons (Fsp3) is 0.400. The Kier molecular flexibility index (Phi) is 4.86. The van der Waals surface area contributed by atoms with Crippen LogP contribution < -0.4 is 4.74 Å². The van der Waals surface area contributed by atoms with Crippen LogP contribution in [0.4, 0.5) is 0 Å². The number of carbonyl (C=O) groups is 1. The van der Waals surface area contributed by atoms with E-state index in [1.54, 1.807) is 6.20 Å². The summed E-state index contributed by atoms with van der Waals surface area (Å²) in [5, 5.41) is 0.885. The van der Waals surface area contributed by atoms with Gasteiger partial charge in [0, 0.05) is 29.6 Å². The molecule has 0 spiro atoms. The lowest BCUT2D eigenvalue weighted by Crippen LogP contribution is -2.00. The lowest BCUT2D eigenvalue weighted by Gasteiger charge is -2.07. The number of rotatable bonds is 7. The van der Waals surface area contributed by atoms with E-state index >= 15 is 0 Å². The number of H-pyrrole nitrogens is 1. The van der Waals surface area contributed by atoms with Crippen LogP contribution in [0, 0.1) is 0 Å². The van der Waals surface area contributed by atoms with E-state index < -0.39 is 0 Å². The molecule has 3 nitrogen and oxygen atoms in total. The third kappa shape index (κ3) is 3.10. The number of alkyl halides is 1. The van der Waals surface area contributed by atoms with Crippen molar-refractivity contribution in [3.05, 3.63) is 30.0 Å². The van der Waals surface area contributed by atoms with Crippen molar-refractivity contribution in [2.75, 3.05) is 12.5 Å². The molecule has 2 rings (SSSR count). The minimum Gasteiger partial charge on any atom is -0.493 e. The number of fused-ring (bicyclic) bond motifs is 1. The highest BCUT2D eigenvalue weighted by atomic mass is 35.5. The monoisotopic (exact) mass is 279 g/mol. The van der Waals surface area contributed by atoms with Gasteiger partial charge in [-0.3, -0.25) is 4.79 Å². The Morgan fingerprint density at radius 1 is 1.42 bits per heavy atom. The highest BCUT2D eigenvalue weighted by Gasteiger charge is 2.15. The molecular formula is C15H18ClNO2. The molecule has 0 bridgehead atoms. The molecule has 0 aliphatic rings. The van der Waals surface area contributed by atoms with Crippen LogP contribution in [-0.4, -0.2) is 23.3 Å². The molecule has 0 amide bonds. The van der Waals surface area contributed by atoms with E-state index in [4.69, 9.17) is 16.3 Å². The Morgan fingerprint density at radius 2 is 2.26 bits per heavy atom. The van der Waals surface area contributed by atoms with Crippen LogP contribution in [0.2, 0.25) is 0 Å². The van der Waals surface area contributed by atoms with Gasteiger partial charge in [0.1, 0.15) is 5.75 Å². The average Bonchev–Trinajstić information content (AvgIpc) is 2.87. The number of aromatic amines is 1. The first kappa shape index (κ1) is 13.9. The van der Waals surface area contributed by atoms with Gasteiger partial charge in [-0.1, -0.05) is 13.0 Å². The SMILES string of the molecule is CCCOc1cccc2[nH]cc(C(=O)CCCCl)c12. The van der Waals surface area contributed by atoms with Crippen molar-refractivity contribution in [1.82, 2.24) is 4.98 Å². The maximum atomic E-state index is 12.2. The first-order valence-corrected chi connectivity index (χ1v) is 7.13. The molecule has 1 aromatic heterocycles. The Balaban J connectivity index is 2.36. The first-order chi connectivity index (χ1) is 9.27. The van der Waals surface area contributed by atoms with Crippen LogP contribution >= 0.6 is 11.6 Å². The summed E-state index contributed by atoms with van der Waals surface area (Å²) in [6.45, 7) is 2.71. The van der Waals surface area contributed by atoms with Crippen molar-refractivity contribution in [1.29, 1.82) is 0 Å². The van der Waals surface area contributed by atoms with Crippen LogP contribution in [0.5, 0.6) is 5.75 Å². The van der Waals surface area contributed by atoms with Gasteiger partial charge in [-0.15, -0.1) is 11.6 Å². The minimum atomic E-state index is 0.111. The maximum Gasteiger partial charge on any atom is 0.165 e. The van der Waals surface area contributed by atoms with E-state index in [2.05, 4.69) is 11.9 Å². The van der Waals surface area contributed by atoms with Gasteiger partial charge in [0.15, 0.2) is 5.78 Å². The van der Waals surface area contributed by atoms with E-state index in [9.17, 15) is 4.79 Å². The van der Waals surface area contributed by atoms with Crippen molar-refractivity contribution >= 4 is 28.3 Å². The molecule has 0 fully saturated rings. The first-order valence-electron chi connectivity index (χ1n) is 6.60. The quantitative estimate of drug-likeness (QED) is 0.611. The molecule has 1 heterocycles. The number of hydrogen-bond acceptors (Lipinski definition) is 2. The van der Waals surface area contributed by atoms with Crippen molar-refractivity contribution < 1.29 is 9.53 Å². The summed E-state index contributed by atoms with van der Waals surface area (Å²) in [5.74, 6) is 1.39. The second-order valence-corrected chi connectivity index (χ2v) is 4.82. The van der Waals surface area contributed by atoms with Crippen molar-refractivity contribution in [3.63, 3.8) is 0 Å². The normalized spacial score (nSPS) is 10.8. The van der Waals surface area contributed by atoms with Gasteiger partial charge in [0.25, 0.3) is 0 Å². The van der Waals surface area contributed by atoms with Crippen molar-refractivity contribution in [3.8, 4) is 5.75 Å². The molecule has 4 heteroatoms. The van der Waals surface area contributed by atoms with E-state index in [-0.39, 0.29) is 5.78 Å². The predicted octanol–water partition coefficient (Wildman–Crippen LogP) is 4.16. The van der Waals surface area contributed by atoms with E-state index in [1.165, 1.54) is 0 Å². The molecule has 2 aromatic rings. The summed E-state index contributed by atoms with van der Waals surface area (Å²) >= 11 is 5.64. The number of nitrogens with one attached hydrogen (secondary N) is 1. The third-order valence-corrected chi connectivity index (χ3v) is 3.23. The summed E-state index contributed by atoms with van der Waals surface area (Å²) in [4.78, 5) is 15.3. The molecule has 0 aliphatic carbocycles. The largest absolute Gasteiger partial charge is 0.493 e. The average molecular weight is 280 g/mol. The molecule has 0 saturated carbocycles. The number of ketones is 1. The fourth-order valence-corrected chi connectivity index (χ4v) is 2.20. The van der Waals surface area contributed by atoms with Crippen LogP contribution in [0.15, 0.2) is 24.4 Å². The molecule has 1 N–H and O–H groups in total. The number of Topliss-reactive ketones (excluding diaryl/α,β-unsaturated/α-hetero) is 1. The van der Waals surface area contributed by atoms with Crippen molar-refractivity contribution in [2.45, 2.75) is 26.2 Å². The van der Waals surface area contributed by atoms with Gasteiger partial charge < -0.3 is 9.72 Å². The Labute approximate surface area is 117 Å². The molecule has 0 radical (unpaired) electrons. The van der Waals surface area contributed by atoms with Gasteiger partial charge in [0.05, 0.1) is 12.0 Å². The molecule has 102 valence electrons. The van der Waals surface area contributed by atoms with Gasteiger partial charge in [0.2, 0.25) is 0 Å². The van der Waals surface area contributed by atoms with Crippen LogP contribution in [0.25, 0.3) is 10.9 Å². The van der Waals surface area contributed by atoms with Crippen molar-refractivity contribution in [2.24, 2.45) is 0 Å². The molecule has 1 aromatic carbocycles. The van der Waals surface area contributed by atoms with Gasteiger partial charge in [-0.05, 0) is 25.0 Å². The second kappa shape index (κ2) is 6.62. The van der Waals surface area contributed by atoms with E-state index in [1.807, 2.05) is 18.2 Å². The number of carbonyl (C=O) groups excluding carboxylic acids is 1. The number of hydrogen-bond donors (Lipinski definition) is 1. The number of ether oxygens (including phenoxy) is 1. The van der Waals surface area contributed by atoms with Gasteiger partial charge in [-0.2, -0.15) is 0 Å². The van der Waals surface area contributed by atoms with Crippen LogP contribution in [0.3, 0.4) is 0 Å². The predicted molar refractivity (Wildman–Crippen MR) is 78.4 cm³/mol. The molecule has 0 aliphatic heterocycles. The summed E-state index contributed by atoms with van der Waals surface area (Å²) in [6, 6.07) is 5.79. The minimum absolute atomic E-state index is 0.111. The smallest absolute Gasteiger partial charge is 0.165 e. The second-order valence-electron chi connectivity index (χ2n) is 4.45. The Hall–Kier alpha value is -1.48. The topological polar surface area (TPSA) is 42.1 Å². The zero-order valence-electron chi connectivity index (χ0n) is 11.0. The highest BCUT2D eigenvalue weighted by Crippen LogP contribution is 2.29. The third-order valence-electron chi connectivity index (χ3n) is 2.97. The summed E-state index contributed by atoms with van der Waals surface area (Å²) < 4.78 is 5.72. The van der Waals surface area contributed by atoms with Crippen LogP contribution in [0.1, 0.15) is 36.5 Å². The summed E-state index contributed by atoms with van der Waals surface area (Å²) in [7, 11) is 0. The molecule has 0 saturated heterocycles. The standard InChI is InChI=1S/C15H18ClNO2/c1-2-9-19-14-7-3-5-12-15(14)11(10-17-12)13(18)6-4-8-16/h3,5,7,10,17H,2,4,6,8-9H2,1H3. The van der Waals surface area contributed by atoms with Gasteiger partial charge >= 0.3 is 0 Å². The highest BCUT2D eigenvalue weighted by molar-refractivity contribution is 6.18. The summed E-state index contributed by atoms with van der Waals surface area (Å²) in [6.07, 6.45) is 3.87. The lowest BCUT2D eigenvalue weighted by molar-refractivity contribution is 0.0983. The zero-order valence-corrected chi connectivity index (χ0v) is 11.8. The van der Waals surface area contributed by atoms with E-state index in [0.29, 0.717) is 30.9 Å². The van der Waals surface area contributed by atoms with Gasteiger partial charge in [-0.25, -0.2) is 0 Å². The number of benzene rings is 1. The van der Waals surface area contributed by atoms with Crippen LogP contribution in [-0.2, 0) is 0 Å². The summed E-state index contributed by atoms with van der Waals surface area (Å²) in [5.41, 5.74) is 1.63. The molecule has 0 unspecified atom stereocenters. The number of halogens is 1. The van der Waals surface area contributed by atoms with E-state index in [0.717, 1.165) is 23.1 Å². The fourth-order valence-electron chi connectivity index (χ4n) is 2.07. The molecule has 19 heavy (non-hydrogen) atoms. The molecule has 0 atom stereocenters. The Bertz CT molecular complexity index is 562. The maximum absolute atomic E-state index is 12.2.